The number of aromatic nitrogens is 1. The standard InChI is InChI=1S/C34H27ClN6O3S/c35-24-10-14-26(15-11-24)44-27-16-12-25(13-17-27)38-39-32-30(23-6-2-1-3-7-23)36-34(45-32)37-31-28-8-4-5-9-29(28)41(33(31)42)22-40-18-20-43-21-19-40/h1-17H,18-22H2/b37-31-,39-38?. The fourth-order valence-corrected chi connectivity index (χ4v) is 5.99. The quantitative estimate of drug-likeness (QED) is 0.160. The molecule has 0 radical (unpaired) electrons. The molecule has 7 rings (SSSR count). The molecule has 45 heavy (non-hydrogen) atoms. The summed E-state index contributed by atoms with van der Waals surface area (Å²) in [6, 6.07) is 32.0. The number of halogens is 1. The second kappa shape index (κ2) is 13.1. The Morgan fingerprint density at radius 3 is 2.29 bits per heavy atom. The van der Waals surface area contributed by atoms with Gasteiger partial charge in [-0.05, 0) is 54.6 Å². The number of rotatable bonds is 8. The average molecular weight is 635 g/mol. The molecule has 224 valence electrons. The average Bonchev–Trinajstić information content (AvgIpc) is 3.61. The fourth-order valence-electron chi connectivity index (χ4n) is 5.07. The molecule has 1 aromatic heterocycles. The minimum atomic E-state index is -0.150. The molecule has 1 fully saturated rings. The number of fused-ring (bicyclic) bond motifs is 1. The highest BCUT2D eigenvalue weighted by atomic mass is 35.5. The van der Waals surface area contributed by atoms with Gasteiger partial charge in [0.2, 0.25) is 5.13 Å². The van der Waals surface area contributed by atoms with Crippen LogP contribution in [0.5, 0.6) is 11.5 Å². The lowest BCUT2D eigenvalue weighted by Gasteiger charge is -2.30. The molecule has 11 heteroatoms. The van der Waals surface area contributed by atoms with E-state index in [9.17, 15) is 4.79 Å². The molecular formula is C34H27ClN6O3S. The number of hydrogen-bond donors (Lipinski definition) is 0. The van der Waals surface area contributed by atoms with Gasteiger partial charge in [0.05, 0.1) is 31.3 Å². The predicted octanol–water partition coefficient (Wildman–Crippen LogP) is 8.43. The van der Waals surface area contributed by atoms with Crippen molar-refractivity contribution in [2.45, 2.75) is 0 Å². The van der Waals surface area contributed by atoms with Crippen molar-refractivity contribution in [2.75, 3.05) is 37.9 Å². The number of amides is 1. The van der Waals surface area contributed by atoms with Crippen LogP contribution in [0.25, 0.3) is 11.3 Å². The van der Waals surface area contributed by atoms with Crippen molar-refractivity contribution in [3.8, 4) is 22.8 Å². The first-order valence-corrected chi connectivity index (χ1v) is 15.6. The third-order valence-electron chi connectivity index (χ3n) is 7.34. The van der Waals surface area contributed by atoms with Gasteiger partial charge in [0.1, 0.15) is 22.9 Å². The molecule has 1 saturated heterocycles. The number of azo groups is 1. The summed E-state index contributed by atoms with van der Waals surface area (Å²) < 4.78 is 11.4. The van der Waals surface area contributed by atoms with Crippen LogP contribution in [0.1, 0.15) is 5.56 Å². The van der Waals surface area contributed by atoms with E-state index >= 15 is 0 Å². The molecule has 2 aliphatic heterocycles. The maximum atomic E-state index is 13.7. The van der Waals surface area contributed by atoms with E-state index in [-0.39, 0.29) is 5.91 Å². The number of ether oxygens (including phenoxy) is 2. The summed E-state index contributed by atoms with van der Waals surface area (Å²) in [6.07, 6.45) is 0. The van der Waals surface area contributed by atoms with Gasteiger partial charge in [-0.25, -0.2) is 9.98 Å². The monoisotopic (exact) mass is 634 g/mol. The molecule has 1 amide bonds. The summed E-state index contributed by atoms with van der Waals surface area (Å²) in [5.41, 5.74) is 4.18. The Bertz CT molecular complexity index is 1870. The topological polar surface area (TPSA) is 92.0 Å². The van der Waals surface area contributed by atoms with Gasteiger partial charge in [-0.2, -0.15) is 0 Å². The van der Waals surface area contributed by atoms with Gasteiger partial charge in [-0.15, -0.1) is 10.2 Å². The van der Waals surface area contributed by atoms with Crippen LogP contribution in [0.2, 0.25) is 5.02 Å². The van der Waals surface area contributed by atoms with Crippen LogP contribution in [-0.4, -0.2) is 54.5 Å². The van der Waals surface area contributed by atoms with Crippen molar-refractivity contribution in [2.24, 2.45) is 15.2 Å². The highest BCUT2D eigenvalue weighted by Gasteiger charge is 2.35. The second-order valence-electron chi connectivity index (χ2n) is 10.3. The summed E-state index contributed by atoms with van der Waals surface area (Å²) in [5.74, 6) is 1.21. The number of para-hydroxylation sites is 1. The molecule has 0 aliphatic carbocycles. The smallest absolute Gasteiger partial charge is 0.278 e. The van der Waals surface area contributed by atoms with Crippen molar-refractivity contribution in [1.29, 1.82) is 0 Å². The predicted molar refractivity (Wildman–Crippen MR) is 177 cm³/mol. The maximum absolute atomic E-state index is 13.7. The lowest BCUT2D eigenvalue weighted by Crippen LogP contribution is -2.45. The zero-order valence-electron chi connectivity index (χ0n) is 24.0. The molecule has 9 nitrogen and oxygen atoms in total. The zero-order valence-corrected chi connectivity index (χ0v) is 25.6. The summed E-state index contributed by atoms with van der Waals surface area (Å²) >= 11 is 7.26. The van der Waals surface area contributed by atoms with E-state index in [0.29, 0.717) is 63.6 Å². The number of morpholine rings is 1. The van der Waals surface area contributed by atoms with E-state index in [1.54, 1.807) is 17.0 Å². The Morgan fingerprint density at radius 1 is 0.844 bits per heavy atom. The van der Waals surface area contributed by atoms with Crippen LogP contribution in [0.15, 0.2) is 118 Å². The molecule has 4 aromatic carbocycles. The van der Waals surface area contributed by atoms with E-state index in [4.69, 9.17) is 31.1 Å². The highest BCUT2D eigenvalue weighted by molar-refractivity contribution is 7.19. The van der Waals surface area contributed by atoms with Gasteiger partial charge in [-0.1, -0.05) is 71.5 Å². The van der Waals surface area contributed by atoms with Crippen LogP contribution >= 0.6 is 22.9 Å². The molecule has 0 atom stereocenters. The number of anilines is 1. The first kappa shape index (κ1) is 29.0. The summed E-state index contributed by atoms with van der Waals surface area (Å²) in [5, 5.41) is 10.7. The lowest BCUT2D eigenvalue weighted by molar-refractivity contribution is -0.112. The molecular weight excluding hydrogens is 608 g/mol. The normalized spacial score (nSPS) is 16.1. The molecule has 5 aromatic rings. The van der Waals surface area contributed by atoms with Crippen molar-refractivity contribution in [3.05, 3.63) is 114 Å². The Hall–Kier alpha value is -4.74. The minimum absolute atomic E-state index is 0.150. The number of nitrogens with zero attached hydrogens (tertiary/aromatic N) is 6. The third kappa shape index (κ3) is 6.54. The van der Waals surface area contributed by atoms with E-state index in [1.807, 2.05) is 91.0 Å². The van der Waals surface area contributed by atoms with Crippen molar-refractivity contribution < 1.29 is 14.3 Å². The number of thiazole rings is 1. The number of aliphatic imine (C=N–C) groups is 1. The van der Waals surface area contributed by atoms with Crippen LogP contribution in [-0.2, 0) is 9.53 Å². The van der Waals surface area contributed by atoms with E-state index in [1.165, 1.54) is 11.3 Å². The van der Waals surface area contributed by atoms with Gasteiger partial charge < -0.3 is 9.47 Å². The Balaban J connectivity index is 1.17. The van der Waals surface area contributed by atoms with Crippen LogP contribution < -0.4 is 9.64 Å². The van der Waals surface area contributed by atoms with Crippen LogP contribution in [0, 0.1) is 0 Å². The van der Waals surface area contributed by atoms with Gasteiger partial charge in [0.15, 0.2) is 5.00 Å². The largest absolute Gasteiger partial charge is 0.457 e. The summed E-state index contributed by atoms with van der Waals surface area (Å²) in [7, 11) is 0. The van der Waals surface area contributed by atoms with Gasteiger partial charge in [0, 0.05) is 29.2 Å². The van der Waals surface area contributed by atoms with Gasteiger partial charge >= 0.3 is 0 Å². The van der Waals surface area contributed by atoms with E-state index in [2.05, 4.69) is 15.1 Å². The zero-order chi connectivity index (χ0) is 30.6. The molecule has 0 saturated carbocycles. The number of hydrogen-bond acceptors (Lipinski definition) is 9. The van der Waals surface area contributed by atoms with Gasteiger partial charge in [0.25, 0.3) is 5.91 Å². The Kier molecular flexibility index (Phi) is 8.44. The Labute approximate surface area is 269 Å². The van der Waals surface area contributed by atoms with Crippen molar-refractivity contribution >= 4 is 56.1 Å². The molecule has 0 N–H and O–H groups in total. The maximum Gasteiger partial charge on any atom is 0.278 e. The minimum Gasteiger partial charge on any atom is -0.457 e. The highest BCUT2D eigenvalue weighted by Crippen LogP contribution is 2.41. The van der Waals surface area contributed by atoms with Crippen molar-refractivity contribution in [1.82, 2.24) is 9.88 Å². The molecule has 0 unspecified atom stereocenters. The van der Waals surface area contributed by atoms with E-state index < -0.39 is 0 Å². The number of benzene rings is 4. The molecule has 2 aliphatic rings. The number of carbonyl (C=O) groups is 1. The summed E-state index contributed by atoms with van der Waals surface area (Å²) in [6.45, 7) is 3.35. The molecule has 3 heterocycles. The molecule has 0 bridgehead atoms. The fraction of sp³-hybridized carbons (Fsp3) is 0.147. The molecule has 0 spiro atoms. The lowest BCUT2D eigenvalue weighted by atomic mass is 10.1. The SMILES string of the molecule is O=C1/C(=N\c2nc(-c3ccccc3)c(N=Nc3ccc(Oc4ccc(Cl)cc4)cc3)s2)c2ccccc2N1CN1CCOCC1. The van der Waals surface area contributed by atoms with E-state index in [0.717, 1.165) is 29.9 Å². The van der Waals surface area contributed by atoms with Crippen LogP contribution in [0.4, 0.5) is 21.5 Å². The Morgan fingerprint density at radius 2 is 1.53 bits per heavy atom. The number of carbonyl (C=O) groups excluding carboxylic acids is 1. The summed E-state index contributed by atoms with van der Waals surface area (Å²) in [4.78, 5) is 27.4. The first-order valence-electron chi connectivity index (χ1n) is 14.4. The van der Waals surface area contributed by atoms with Crippen molar-refractivity contribution in [3.63, 3.8) is 0 Å². The van der Waals surface area contributed by atoms with Gasteiger partial charge in [-0.3, -0.25) is 14.6 Å². The third-order valence-corrected chi connectivity index (χ3v) is 8.42. The van der Waals surface area contributed by atoms with Crippen LogP contribution in [0.3, 0.4) is 0 Å². The first-order chi connectivity index (χ1) is 22.1. The second-order valence-corrected chi connectivity index (χ2v) is 11.7.